The number of anilines is 4. The lowest BCUT2D eigenvalue weighted by Gasteiger charge is -2.34. The number of carbonyl (C=O) groups is 1. The van der Waals surface area contributed by atoms with Crippen LogP contribution in [0.25, 0.3) is 5.65 Å². The predicted octanol–water partition coefficient (Wildman–Crippen LogP) is 3.11. The fourth-order valence-electron chi connectivity index (χ4n) is 5.36. The first kappa shape index (κ1) is 27.8. The third kappa shape index (κ3) is 6.13. The Morgan fingerprint density at radius 2 is 1.74 bits per heavy atom. The smallest absolute Gasteiger partial charge is 0.271 e. The first-order valence-electron chi connectivity index (χ1n) is 14.6. The summed E-state index contributed by atoms with van der Waals surface area (Å²) in [5.74, 6) is 1.01. The van der Waals surface area contributed by atoms with Gasteiger partial charge in [-0.05, 0) is 44.2 Å². The van der Waals surface area contributed by atoms with E-state index in [1.54, 1.807) is 23.1 Å². The molecule has 0 bridgehead atoms. The highest BCUT2D eigenvalue weighted by atomic mass is 16.2. The van der Waals surface area contributed by atoms with Crippen LogP contribution in [0.3, 0.4) is 0 Å². The second-order valence-electron chi connectivity index (χ2n) is 12.2. The first-order chi connectivity index (χ1) is 20.2. The maximum Gasteiger partial charge on any atom is 0.271 e. The zero-order chi connectivity index (χ0) is 29.3. The summed E-state index contributed by atoms with van der Waals surface area (Å²) in [5.41, 5.74) is 3.86. The number of nitrogens with one attached hydrogen (secondary N) is 2. The Labute approximate surface area is 246 Å². The Kier molecular flexibility index (Phi) is 7.63. The van der Waals surface area contributed by atoms with E-state index >= 15 is 0 Å². The highest BCUT2D eigenvalue weighted by molar-refractivity contribution is 5.92. The summed E-state index contributed by atoms with van der Waals surface area (Å²) in [6.45, 7) is 11.8. The molecule has 1 aromatic carbocycles. The molecule has 1 unspecified atom stereocenters. The van der Waals surface area contributed by atoms with Crippen LogP contribution in [0.15, 0.2) is 49.1 Å². The van der Waals surface area contributed by atoms with Gasteiger partial charge in [-0.25, -0.2) is 14.5 Å². The first-order valence-corrected chi connectivity index (χ1v) is 14.6. The van der Waals surface area contributed by atoms with Crippen LogP contribution < -0.4 is 20.4 Å². The van der Waals surface area contributed by atoms with Crippen molar-refractivity contribution in [3.63, 3.8) is 0 Å². The molecular weight excluding hydrogens is 530 g/mol. The highest BCUT2D eigenvalue weighted by Crippen LogP contribution is 2.25. The summed E-state index contributed by atoms with van der Waals surface area (Å²) in [5, 5.41) is 11.3. The number of aromatic nitrogens is 6. The van der Waals surface area contributed by atoms with Gasteiger partial charge in [-0.2, -0.15) is 4.98 Å². The summed E-state index contributed by atoms with van der Waals surface area (Å²) in [7, 11) is 2.17. The van der Waals surface area contributed by atoms with E-state index < -0.39 is 0 Å². The molecule has 6 rings (SSSR count). The molecule has 0 spiro atoms. The van der Waals surface area contributed by atoms with Crippen molar-refractivity contribution in [3.8, 4) is 0 Å². The number of amides is 1. The van der Waals surface area contributed by atoms with Crippen LogP contribution in [0.1, 0.15) is 49.8 Å². The summed E-state index contributed by atoms with van der Waals surface area (Å²) >= 11 is 0. The fourth-order valence-corrected chi connectivity index (χ4v) is 5.36. The van der Waals surface area contributed by atoms with Gasteiger partial charge in [0.15, 0.2) is 11.5 Å². The van der Waals surface area contributed by atoms with Crippen LogP contribution in [-0.4, -0.2) is 92.7 Å². The van der Waals surface area contributed by atoms with Crippen molar-refractivity contribution in [2.24, 2.45) is 0 Å². The molecule has 4 aromatic rings. The van der Waals surface area contributed by atoms with Crippen molar-refractivity contribution < 1.29 is 4.79 Å². The van der Waals surface area contributed by atoms with Gasteiger partial charge in [0, 0.05) is 80.7 Å². The van der Waals surface area contributed by atoms with Crippen LogP contribution in [0.5, 0.6) is 0 Å². The average molecular weight is 570 g/mol. The number of carbonyl (C=O) groups excluding carboxylic acids is 1. The third-order valence-electron chi connectivity index (χ3n) is 7.93. The molecule has 220 valence electrons. The van der Waals surface area contributed by atoms with E-state index in [0.717, 1.165) is 56.9 Å². The van der Waals surface area contributed by atoms with Gasteiger partial charge in [0.25, 0.3) is 5.91 Å². The van der Waals surface area contributed by atoms with E-state index in [4.69, 9.17) is 10.1 Å². The van der Waals surface area contributed by atoms with E-state index in [-0.39, 0.29) is 17.4 Å². The van der Waals surface area contributed by atoms with E-state index in [2.05, 4.69) is 92.4 Å². The van der Waals surface area contributed by atoms with Gasteiger partial charge in [-0.1, -0.05) is 20.8 Å². The van der Waals surface area contributed by atoms with Crippen molar-refractivity contribution in [2.75, 3.05) is 61.4 Å². The van der Waals surface area contributed by atoms with Crippen LogP contribution in [0.4, 0.5) is 23.1 Å². The Morgan fingerprint density at radius 3 is 2.45 bits per heavy atom. The predicted molar refractivity (Wildman–Crippen MR) is 164 cm³/mol. The number of likely N-dealkylation sites (N-methyl/N-ethyl adjacent to an activating group) is 1. The quantitative estimate of drug-likeness (QED) is 0.358. The largest absolute Gasteiger partial charge is 0.369 e. The second-order valence-corrected chi connectivity index (χ2v) is 12.2. The topological polar surface area (TPSA) is 120 Å². The minimum atomic E-state index is -0.219. The lowest BCUT2D eigenvalue weighted by atomic mass is 9.93. The summed E-state index contributed by atoms with van der Waals surface area (Å²) < 4.78 is 1.75. The minimum Gasteiger partial charge on any atom is -0.369 e. The average Bonchev–Trinajstić information content (AvgIpc) is 3.47. The fraction of sp³-hybridized carbons (Fsp3) is 0.467. The van der Waals surface area contributed by atoms with Gasteiger partial charge in [-0.3, -0.25) is 9.78 Å². The lowest BCUT2D eigenvalue weighted by Crippen LogP contribution is -2.48. The molecule has 2 fully saturated rings. The maximum atomic E-state index is 13.0. The van der Waals surface area contributed by atoms with Crippen molar-refractivity contribution in [1.29, 1.82) is 0 Å². The van der Waals surface area contributed by atoms with Crippen molar-refractivity contribution >= 4 is 34.7 Å². The minimum absolute atomic E-state index is 0.0593. The number of hydrogen-bond acceptors (Lipinski definition) is 10. The molecule has 0 aliphatic carbocycles. The molecule has 2 N–H and O–H groups in total. The molecule has 5 heterocycles. The van der Waals surface area contributed by atoms with Crippen LogP contribution in [0, 0.1) is 0 Å². The Balaban J connectivity index is 1.14. The van der Waals surface area contributed by atoms with Crippen molar-refractivity contribution in [3.05, 3.63) is 60.4 Å². The van der Waals surface area contributed by atoms with Crippen LogP contribution >= 0.6 is 0 Å². The second kappa shape index (κ2) is 11.5. The Morgan fingerprint density at radius 1 is 0.952 bits per heavy atom. The van der Waals surface area contributed by atoms with E-state index in [1.807, 2.05) is 6.20 Å². The molecule has 0 saturated carbocycles. The van der Waals surface area contributed by atoms with Crippen molar-refractivity contribution in [2.45, 2.75) is 45.1 Å². The molecular formula is C30H39N11O. The van der Waals surface area contributed by atoms with Gasteiger partial charge >= 0.3 is 0 Å². The number of benzene rings is 1. The van der Waals surface area contributed by atoms with Crippen molar-refractivity contribution in [1.82, 2.24) is 39.8 Å². The maximum absolute atomic E-state index is 13.0. The normalized spacial score (nSPS) is 18.3. The van der Waals surface area contributed by atoms with Gasteiger partial charge in [0.05, 0.1) is 11.9 Å². The molecule has 2 aliphatic rings. The van der Waals surface area contributed by atoms with E-state index in [0.29, 0.717) is 29.7 Å². The number of nitrogens with zero attached hydrogens (tertiary/aromatic N) is 9. The van der Waals surface area contributed by atoms with Crippen LogP contribution in [0.2, 0.25) is 0 Å². The number of rotatable bonds is 6. The lowest BCUT2D eigenvalue weighted by molar-refractivity contribution is 0.0927. The molecule has 1 atom stereocenters. The third-order valence-corrected chi connectivity index (χ3v) is 7.93. The molecule has 1 amide bonds. The number of imidazole rings is 1. The number of piperazine rings is 1. The monoisotopic (exact) mass is 569 g/mol. The molecule has 12 nitrogen and oxygen atoms in total. The zero-order valence-corrected chi connectivity index (χ0v) is 24.8. The van der Waals surface area contributed by atoms with Crippen LogP contribution in [-0.2, 0) is 5.41 Å². The van der Waals surface area contributed by atoms with Gasteiger partial charge in [0.2, 0.25) is 5.95 Å². The summed E-state index contributed by atoms with van der Waals surface area (Å²) in [6, 6.07) is 8.40. The van der Waals surface area contributed by atoms with Gasteiger partial charge in [0.1, 0.15) is 5.69 Å². The van der Waals surface area contributed by atoms with Gasteiger partial charge in [-0.15, -0.1) is 5.10 Å². The van der Waals surface area contributed by atoms with E-state index in [1.165, 1.54) is 5.69 Å². The molecule has 12 heteroatoms. The summed E-state index contributed by atoms with van der Waals surface area (Å²) in [4.78, 5) is 38.0. The molecule has 2 aliphatic heterocycles. The number of fused-ring (bicyclic) bond motifs is 1. The standard InChI is InChI=1S/C30H39N11O/c1-30(2,3)25-19-32-24(18-33-25)28(42)35-22-6-5-12-40(20-22)29-36-26(27-31-11-13-41(27)37-29)34-21-7-9-23(10-8-21)39-16-14-38(4)15-17-39/h7-11,13,18-19,22H,5-6,12,14-17,20H2,1-4H3,(H,35,42)(H,34,36,37). The summed E-state index contributed by atoms with van der Waals surface area (Å²) in [6.07, 6.45) is 8.56. The molecule has 0 radical (unpaired) electrons. The Hall–Kier alpha value is -4.32. The highest BCUT2D eigenvalue weighted by Gasteiger charge is 2.26. The zero-order valence-electron chi connectivity index (χ0n) is 24.8. The molecule has 42 heavy (non-hydrogen) atoms. The van der Waals surface area contributed by atoms with Gasteiger partial charge < -0.3 is 25.3 Å². The SMILES string of the molecule is CN1CCN(c2ccc(Nc3nc(N4CCCC(NC(=O)c5cnc(C(C)(C)C)cn5)C4)nn4ccnc34)cc2)CC1. The number of hydrogen-bond donors (Lipinski definition) is 2. The molecule has 3 aromatic heterocycles. The van der Waals surface area contributed by atoms with E-state index in [9.17, 15) is 4.79 Å². The molecule has 2 saturated heterocycles. The Bertz CT molecular complexity index is 1520. The number of piperidine rings is 1.